The molecule has 0 saturated heterocycles. The van der Waals surface area contributed by atoms with Crippen molar-refractivity contribution in [2.24, 2.45) is 0 Å². The molecule has 0 aliphatic rings. The summed E-state index contributed by atoms with van der Waals surface area (Å²) in [5.41, 5.74) is 0.659. The van der Waals surface area contributed by atoms with Crippen molar-refractivity contribution in [1.82, 2.24) is 9.78 Å². The Labute approximate surface area is 131 Å². The van der Waals surface area contributed by atoms with Gasteiger partial charge >= 0.3 is 0 Å². The first-order chi connectivity index (χ1) is 11.1. The number of hydrogen-bond donors (Lipinski definition) is 1. The summed E-state index contributed by atoms with van der Waals surface area (Å²) in [4.78, 5) is 0. The van der Waals surface area contributed by atoms with E-state index in [1.54, 1.807) is 41.3 Å². The standard InChI is InChI=1S/C17H14F2N2O2/c18-12-5-6-16(19)15(9-12)17(22)11-23-14-4-1-3-13(10-14)21-8-2-7-20-21/h1-10,17,22H,11H2. The molecule has 0 aliphatic carbocycles. The fraction of sp³-hybridized carbons (Fsp3) is 0.118. The molecule has 1 atom stereocenters. The highest BCUT2D eigenvalue weighted by Gasteiger charge is 2.15. The largest absolute Gasteiger partial charge is 0.490 e. The van der Waals surface area contributed by atoms with Crippen LogP contribution in [0.15, 0.2) is 60.9 Å². The minimum absolute atomic E-state index is 0.131. The lowest BCUT2D eigenvalue weighted by Gasteiger charge is -2.14. The molecule has 0 amide bonds. The predicted molar refractivity (Wildman–Crippen MR) is 80.4 cm³/mol. The molecule has 0 aliphatic heterocycles. The Hall–Kier alpha value is -2.73. The maximum Gasteiger partial charge on any atom is 0.129 e. The summed E-state index contributed by atoms with van der Waals surface area (Å²) in [5.74, 6) is -0.789. The van der Waals surface area contributed by atoms with Crippen LogP contribution in [0.3, 0.4) is 0 Å². The minimum Gasteiger partial charge on any atom is -0.490 e. The molecule has 1 unspecified atom stereocenters. The SMILES string of the molecule is OC(COc1cccc(-n2cccn2)c1)c1cc(F)ccc1F. The van der Waals surface area contributed by atoms with Gasteiger partial charge in [0.15, 0.2) is 0 Å². The molecule has 1 heterocycles. The quantitative estimate of drug-likeness (QED) is 0.786. The van der Waals surface area contributed by atoms with Crippen molar-refractivity contribution in [2.75, 3.05) is 6.61 Å². The zero-order valence-corrected chi connectivity index (χ0v) is 12.1. The third-order valence-corrected chi connectivity index (χ3v) is 3.31. The summed E-state index contributed by atoms with van der Waals surface area (Å²) < 4.78 is 33.9. The zero-order chi connectivity index (χ0) is 16.2. The van der Waals surface area contributed by atoms with Gasteiger partial charge in [0, 0.05) is 24.0 Å². The van der Waals surface area contributed by atoms with E-state index < -0.39 is 17.7 Å². The van der Waals surface area contributed by atoms with E-state index in [1.807, 2.05) is 6.07 Å². The van der Waals surface area contributed by atoms with Crippen molar-refractivity contribution in [3.63, 3.8) is 0 Å². The molecule has 0 bridgehead atoms. The molecular weight excluding hydrogens is 302 g/mol. The number of nitrogens with zero attached hydrogens (tertiary/aromatic N) is 2. The van der Waals surface area contributed by atoms with E-state index in [0.717, 1.165) is 23.9 Å². The molecule has 3 rings (SSSR count). The molecule has 6 heteroatoms. The van der Waals surface area contributed by atoms with Gasteiger partial charge in [0.1, 0.15) is 30.1 Å². The highest BCUT2D eigenvalue weighted by atomic mass is 19.1. The van der Waals surface area contributed by atoms with E-state index in [-0.39, 0.29) is 12.2 Å². The third kappa shape index (κ3) is 3.54. The van der Waals surface area contributed by atoms with Crippen LogP contribution in [0.4, 0.5) is 8.78 Å². The van der Waals surface area contributed by atoms with Crippen LogP contribution in [0.25, 0.3) is 5.69 Å². The summed E-state index contributed by atoms with van der Waals surface area (Å²) in [7, 11) is 0. The lowest BCUT2D eigenvalue weighted by Crippen LogP contribution is -2.11. The van der Waals surface area contributed by atoms with Crippen molar-refractivity contribution in [2.45, 2.75) is 6.10 Å². The normalized spacial score (nSPS) is 12.1. The van der Waals surface area contributed by atoms with E-state index in [0.29, 0.717) is 5.75 Å². The van der Waals surface area contributed by atoms with Crippen LogP contribution in [0.1, 0.15) is 11.7 Å². The molecule has 1 aromatic heterocycles. The molecule has 2 aromatic carbocycles. The van der Waals surface area contributed by atoms with Crippen LogP contribution in [0.5, 0.6) is 5.75 Å². The Morgan fingerprint density at radius 2 is 2.00 bits per heavy atom. The molecule has 118 valence electrons. The van der Waals surface area contributed by atoms with Gasteiger partial charge in [-0.2, -0.15) is 5.10 Å². The second-order valence-corrected chi connectivity index (χ2v) is 4.94. The summed E-state index contributed by atoms with van der Waals surface area (Å²) >= 11 is 0. The molecular formula is C17H14F2N2O2. The number of aromatic nitrogens is 2. The van der Waals surface area contributed by atoms with Crippen molar-refractivity contribution < 1.29 is 18.6 Å². The van der Waals surface area contributed by atoms with E-state index in [2.05, 4.69) is 5.10 Å². The van der Waals surface area contributed by atoms with Gasteiger partial charge in [0.25, 0.3) is 0 Å². The molecule has 0 radical (unpaired) electrons. The second kappa shape index (κ2) is 6.58. The van der Waals surface area contributed by atoms with Crippen LogP contribution >= 0.6 is 0 Å². The summed E-state index contributed by atoms with van der Waals surface area (Å²) in [6.45, 7) is -0.192. The van der Waals surface area contributed by atoms with Crippen molar-refractivity contribution in [3.8, 4) is 11.4 Å². The van der Waals surface area contributed by atoms with E-state index in [1.165, 1.54) is 0 Å². The Kier molecular flexibility index (Phi) is 4.34. The van der Waals surface area contributed by atoms with Gasteiger partial charge in [-0.05, 0) is 36.4 Å². The number of hydrogen-bond acceptors (Lipinski definition) is 3. The lowest BCUT2D eigenvalue weighted by molar-refractivity contribution is 0.104. The Morgan fingerprint density at radius 3 is 2.78 bits per heavy atom. The maximum atomic E-state index is 13.6. The maximum absolute atomic E-state index is 13.6. The number of aliphatic hydroxyl groups excluding tert-OH is 1. The average Bonchev–Trinajstić information content (AvgIpc) is 3.10. The molecule has 3 aromatic rings. The smallest absolute Gasteiger partial charge is 0.129 e. The molecule has 1 N–H and O–H groups in total. The first kappa shape index (κ1) is 15.2. The Balaban J connectivity index is 1.71. The van der Waals surface area contributed by atoms with Crippen LogP contribution in [-0.4, -0.2) is 21.5 Å². The van der Waals surface area contributed by atoms with Crippen LogP contribution in [0.2, 0.25) is 0 Å². The van der Waals surface area contributed by atoms with Gasteiger partial charge in [-0.3, -0.25) is 0 Å². The van der Waals surface area contributed by atoms with E-state index in [9.17, 15) is 13.9 Å². The Bertz CT molecular complexity index is 791. The number of rotatable bonds is 5. The van der Waals surface area contributed by atoms with E-state index >= 15 is 0 Å². The zero-order valence-electron chi connectivity index (χ0n) is 12.1. The van der Waals surface area contributed by atoms with E-state index in [4.69, 9.17) is 4.74 Å². The first-order valence-electron chi connectivity index (χ1n) is 6.99. The van der Waals surface area contributed by atoms with Gasteiger partial charge < -0.3 is 9.84 Å². The molecule has 23 heavy (non-hydrogen) atoms. The number of benzene rings is 2. The van der Waals surface area contributed by atoms with Gasteiger partial charge in [0.05, 0.1) is 5.69 Å². The summed E-state index contributed by atoms with van der Waals surface area (Å²) in [5, 5.41) is 14.1. The topological polar surface area (TPSA) is 47.3 Å². The average molecular weight is 316 g/mol. The highest BCUT2D eigenvalue weighted by Crippen LogP contribution is 2.21. The predicted octanol–water partition coefficient (Wildman–Crippen LogP) is 3.26. The number of ether oxygens (including phenoxy) is 1. The van der Waals surface area contributed by atoms with Gasteiger partial charge in [0.2, 0.25) is 0 Å². The van der Waals surface area contributed by atoms with Gasteiger partial charge in [-0.15, -0.1) is 0 Å². The minimum atomic E-state index is -1.26. The first-order valence-corrected chi connectivity index (χ1v) is 6.99. The third-order valence-electron chi connectivity index (χ3n) is 3.31. The van der Waals surface area contributed by atoms with Gasteiger partial charge in [-0.25, -0.2) is 13.5 Å². The van der Waals surface area contributed by atoms with Crippen LogP contribution in [0, 0.1) is 11.6 Å². The number of halogens is 2. The van der Waals surface area contributed by atoms with Gasteiger partial charge in [-0.1, -0.05) is 6.07 Å². The number of aliphatic hydroxyl groups is 1. The van der Waals surface area contributed by atoms with Crippen LogP contribution < -0.4 is 4.74 Å². The Morgan fingerprint density at radius 1 is 1.13 bits per heavy atom. The summed E-state index contributed by atoms with van der Waals surface area (Å²) in [6, 6.07) is 11.8. The molecule has 0 spiro atoms. The van der Waals surface area contributed by atoms with Crippen LogP contribution in [-0.2, 0) is 0 Å². The molecule has 4 nitrogen and oxygen atoms in total. The molecule has 0 fully saturated rings. The van der Waals surface area contributed by atoms with Crippen molar-refractivity contribution in [3.05, 3.63) is 78.1 Å². The fourth-order valence-electron chi connectivity index (χ4n) is 2.17. The molecule has 0 saturated carbocycles. The monoisotopic (exact) mass is 316 g/mol. The van der Waals surface area contributed by atoms with Crippen molar-refractivity contribution >= 4 is 0 Å². The summed E-state index contributed by atoms with van der Waals surface area (Å²) in [6.07, 6.45) is 2.18. The second-order valence-electron chi connectivity index (χ2n) is 4.94. The lowest BCUT2D eigenvalue weighted by atomic mass is 10.1. The highest BCUT2D eigenvalue weighted by molar-refractivity contribution is 5.38. The fourth-order valence-corrected chi connectivity index (χ4v) is 2.17. The van der Waals surface area contributed by atoms with Crippen molar-refractivity contribution in [1.29, 1.82) is 0 Å².